The molecule has 0 aliphatic heterocycles. The zero-order valence-electron chi connectivity index (χ0n) is 22.2. The van der Waals surface area contributed by atoms with Gasteiger partial charge in [-0.05, 0) is 61.7 Å². The number of sulfonamides is 1. The number of carbonyl (C=O) groups is 2. The van der Waals surface area contributed by atoms with Crippen LogP contribution in [0.4, 0.5) is 10.1 Å². The van der Waals surface area contributed by atoms with Gasteiger partial charge in [0.25, 0.3) is 10.0 Å². The number of rotatable bonds is 12. The van der Waals surface area contributed by atoms with E-state index in [-0.39, 0.29) is 40.5 Å². The lowest BCUT2D eigenvalue weighted by Crippen LogP contribution is -2.53. The highest BCUT2D eigenvalue weighted by Gasteiger charge is 2.34. The molecule has 2 unspecified atom stereocenters. The molecule has 10 heteroatoms. The quantitative estimate of drug-likeness (QED) is 0.314. The van der Waals surface area contributed by atoms with Crippen LogP contribution in [0, 0.1) is 5.82 Å². The van der Waals surface area contributed by atoms with E-state index in [9.17, 15) is 22.4 Å². The minimum atomic E-state index is -4.21. The van der Waals surface area contributed by atoms with Crippen molar-refractivity contribution in [2.75, 3.05) is 10.8 Å². The van der Waals surface area contributed by atoms with Crippen molar-refractivity contribution in [1.29, 1.82) is 0 Å². The van der Waals surface area contributed by atoms with Crippen molar-refractivity contribution in [2.45, 2.75) is 57.1 Å². The molecule has 208 valence electrons. The molecule has 0 aromatic heterocycles. The van der Waals surface area contributed by atoms with Gasteiger partial charge in [0.2, 0.25) is 11.8 Å². The lowest BCUT2D eigenvalue weighted by molar-refractivity contribution is -0.140. The molecule has 0 bridgehead atoms. The maximum absolute atomic E-state index is 14.0. The first-order valence-electron chi connectivity index (χ1n) is 12.7. The summed E-state index contributed by atoms with van der Waals surface area (Å²) in [6.45, 7) is 4.95. The molecule has 3 aromatic rings. The summed E-state index contributed by atoms with van der Waals surface area (Å²) in [7, 11) is -4.21. The highest BCUT2D eigenvalue weighted by molar-refractivity contribution is 7.92. The molecule has 1 N–H and O–H groups in total. The van der Waals surface area contributed by atoms with E-state index in [2.05, 4.69) is 5.32 Å². The number of hydrogen-bond acceptors (Lipinski definition) is 4. The van der Waals surface area contributed by atoms with E-state index in [4.69, 9.17) is 11.6 Å². The molecule has 0 radical (unpaired) electrons. The summed E-state index contributed by atoms with van der Waals surface area (Å²) in [5.41, 5.74) is 0.727. The Balaban J connectivity index is 2.05. The van der Waals surface area contributed by atoms with Crippen molar-refractivity contribution in [1.82, 2.24) is 10.2 Å². The van der Waals surface area contributed by atoms with Crippen LogP contribution in [-0.4, -0.2) is 43.8 Å². The van der Waals surface area contributed by atoms with E-state index in [1.807, 2.05) is 13.8 Å². The fourth-order valence-electron chi connectivity index (χ4n) is 4.03. The first-order chi connectivity index (χ1) is 18.6. The van der Waals surface area contributed by atoms with Crippen molar-refractivity contribution in [3.63, 3.8) is 0 Å². The van der Waals surface area contributed by atoms with Gasteiger partial charge in [0.05, 0.1) is 15.6 Å². The normalized spacial score (nSPS) is 12.8. The molecule has 0 aliphatic carbocycles. The molecule has 0 saturated heterocycles. The topological polar surface area (TPSA) is 86.8 Å². The number of halogens is 2. The number of amides is 2. The molecule has 39 heavy (non-hydrogen) atoms. The average Bonchev–Trinajstić information content (AvgIpc) is 2.93. The summed E-state index contributed by atoms with van der Waals surface area (Å²) < 4.78 is 42.1. The van der Waals surface area contributed by atoms with Crippen LogP contribution in [0.15, 0.2) is 83.8 Å². The number of carbonyl (C=O) groups excluding carboxylic acids is 2. The summed E-state index contributed by atoms with van der Waals surface area (Å²) in [6.07, 6.45) is 0.983. The van der Waals surface area contributed by atoms with E-state index in [0.717, 1.165) is 4.31 Å². The van der Waals surface area contributed by atoms with Crippen molar-refractivity contribution in [3.05, 3.63) is 95.3 Å². The summed E-state index contributed by atoms with van der Waals surface area (Å²) in [6, 6.07) is 18.7. The van der Waals surface area contributed by atoms with Gasteiger partial charge in [-0.1, -0.05) is 67.9 Å². The van der Waals surface area contributed by atoms with Crippen molar-refractivity contribution in [3.8, 4) is 0 Å². The van der Waals surface area contributed by atoms with Gasteiger partial charge in [-0.15, -0.1) is 0 Å². The third-order valence-corrected chi connectivity index (χ3v) is 8.48. The Hall–Kier alpha value is -3.43. The molecular weight excluding hydrogens is 541 g/mol. The first-order valence-corrected chi connectivity index (χ1v) is 14.6. The minimum absolute atomic E-state index is 0.00985. The molecule has 2 atom stereocenters. The SMILES string of the molecule is CCC(C)NC(=O)C(CC)N(Cc1ccc(F)cc1)C(=O)CN(c1ccccc1Cl)S(=O)(=O)c1ccccc1. The predicted octanol–water partition coefficient (Wildman–Crippen LogP) is 5.40. The molecule has 0 spiro atoms. The molecule has 0 heterocycles. The smallest absolute Gasteiger partial charge is 0.264 e. The van der Waals surface area contributed by atoms with Gasteiger partial charge < -0.3 is 10.2 Å². The fourth-order valence-corrected chi connectivity index (χ4v) is 5.78. The number of nitrogens with one attached hydrogen (secondary N) is 1. The second-order valence-electron chi connectivity index (χ2n) is 9.17. The van der Waals surface area contributed by atoms with E-state index in [1.165, 1.54) is 47.4 Å². The zero-order chi connectivity index (χ0) is 28.6. The van der Waals surface area contributed by atoms with Crippen LogP contribution in [0.3, 0.4) is 0 Å². The zero-order valence-corrected chi connectivity index (χ0v) is 23.8. The maximum Gasteiger partial charge on any atom is 0.264 e. The van der Waals surface area contributed by atoms with Gasteiger partial charge in [-0.3, -0.25) is 13.9 Å². The highest BCUT2D eigenvalue weighted by atomic mass is 35.5. The van der Waals surface area contributed by atoms with Crippen LogP contribution < -0.4 is 9.62 Å². The van der Waals surface area contributed by atoms with Crippen LogP contribution >= 0.6 is 11.6 Å². The van der Waals surface area contributed by atoms with Gasteiger partial charge in [0.1, 0.15) is 18.4 Å². The van der Waals surface area contributed by atoms with Crippen LogP contribution in [0.25, 0.3) is 0 Å². The monoisotopic (exact) mass is 573 g/mol. The number of nitrogens with zero attached hydrogens (tertiary/aromatic N) is 2. The third kappa shape index (κ3) is 7.58. The number of hydrogen-bond donors (Lipinski definition) is 1. The van der Waals surface area contributed by atoms with Crippen LogP contribution in [-0.2, 0) is 26.2 Å². The summed E-state index contributed by atoms with van der Waals surface area (Å²) >= 11 is 6.40. The number of anilines is 1. The lowest BCUT2D eigenvalue weighted by atomic mass is 10.1. The van der Waals surface area contributed by atoms with Gasteiger partial charge in [-0.2, -0.15) is 0 Å². The van der Waals surface area contributed by atoms with Gasteiger partial charge in [0.15, 0.2) is 0 Å². The van der Waals surface area contributed by atoms with Gasteiger partial charge in [0, 0.05) is 12.6 Å². The highest BCUT2D eigenvalue weighted by Crippen LogP contribution is 2.30. The summed E-state index contributed by atoms with van der Waals surface area (Å²) in [4.78, 5) is 28.5. The van der Waals surface area contributed by atoms with Crippen molar-refractivity contribution < 1.29 is 22.4 Å². The van der Waals surface area contributed by atoms with E-state index >= 15 is 0 Å². The third-order valence-electron chi connectivity index (χ3n) is 6.38. The van der Waals surface area contributed by atoms with Crippen molar-refractivity contribution >= 4 is 39.1 Å². The van der Waals surface area contributed by atoms with Gasteiger partial charge in [-0.25, -0.2) is 12.8 Å². The first kappa shape index (κ1) is 30.1. The van der Waals surface area contributed by atoms with Crippen LogP contribution in [0.5, 0.6) is 0 Å². The fraction of sp³-hybridized carbons (Fsp3) is 0.310. The lowest BCUT2D eigenvalue weighted by Gasteiger charge is -2.34. The minimum Gasteiger partial charge on any atom is -0.352 e. The molecule has 0 saturated carbocycles. The number of benzene rings is 3. The Labute approximate surface area is 234 Å². The summed E-state index contributed by atoms with van der Waals surface area (Å²) in [5.74, 6) is -1.39. The van der Waals surface area contributed by atoms with Gasteiger partial charge >= 0.3 is 0 Å². The molecule has 0 aliphatic rings. The Kier molecular flexibility index (Phi) is 10.5. The van der Waals surface area contributed by atoms with E-state index < -0.39 is 34.3 Å². The molecular formula is C29H33ClFN3O4S. The number of para-hydroxylation sites is 1. The molecule has 7 nitrogen and oxygen atoms in total. The Morgan fingerprint density at radius 2 is 1.54 bits per heavy atom. The molecule has 3 rings (SSSR count). The second kappa shape index (κ2) is 13.6. The van der Waals surface area contributed by atoms with E-state index in [0.29, 0.717) is 12.0 Å². The molecule has 0 fully saturated rings. The Bertz CT molecular complexity index is 1370. The Morgan fingerprint density at radius 1 is 0.923 bits per heavy atom. The predicted molar refractivity (Wildman–Crippen MR) is 151 cm³/mol. The van der Waals surface area contributed by atoms with Crippen LogP contribution in [0.2, 0.25) is 5.02 Å². The molecule has 2 amide bonds. The molecule has 3 aromatic carbocycles. The Morgan fingerprint density at radius 3 is 2.13 bits per heavy atom. The average molecular weight is 574 g/mol. The summed E-state index contributed by atoms with van der Waals surface area (Å²) in [5, 5.41) is 3.06. The van der Waals surface area contributed by atoms with E-state index in [1.54, 1.807) is 43.3 Å². The maximum atomic E-state index is 14.0. The second-order valence-corrected chi connectivity index (χ2v) is 11.4. The van der Waals surface area contributed by atoms with Crippen LogP contribution in [0.1, 0.15) is 39.2 Å². The standard InChI is InChI=1S/C29H33ClFN3O4S/c1-4-21(3)32-29(36)26(5-2)33(19-22-15-17-23(31)18-16-22)28(35)20-34(27-14-10-9-13-25(27)30)39(37,38)24-11-7-6-8-12-24/h6-18,21,26H,4-5,19-20H2,1-3H3,(H,32,36). The van der Waals surface area contributed by atoms with Crippen molar-refractivity contribution in [2.24, 2.45) is 0 Å². The largest absolute Gasteiger partial charge is 0.352 e.